The number of carboxylic acid groups (broad SMARTS) is 1. The molecule has 0 bridgehead atoms. The minimum absolute atomic E-state index is 0.0581. The molecule has 0 aliphatic carbocycles. The Morgan fingerprint density at radius 3 is 2.53 bits per heavy atom. The number of halogens is 4. The summed E-state index contributed by atoms with van der Waals surface area (Å²) in [4.78, 5) is 13.9. The molecule has 0 amide bonds. The van der Waals surface area contributed by atoms with E-state index in [0.717, 1.165) is 6.07 Å². The van der Waals surface area contributed by atoms with Gasteiger partial charge in [0.25, 0.3) is 0 Å². The highest BCUT2D eigenvalue weighted by atomic mass is 127. The summed E-state index contributed by atoms with van der Waals surface area (Å²) in [6, 6.07) is 1.01. The van der Waals surface area contributed by atoms with Crippen molar-refractivity contribution in [2.75, 3.05) is 7.11 Å². The molecule has 0 saturated heterocycles. The summed E-state index contributed by atoms with van der Waals surface area (Å²) in [5.41, 5.74) is -0.596. The zero-order valence-corrected chi connectivity index (χ0v) is 10.4. The first kappa shape index (κ1) is 13.8. The van der Waals surface area contributed by atoms with Gasteiger partial charge in [0.05, 0.1) is 7.11 Å². The van der Waals surface area contributed by atoms with Crippen LogP contribution in [0.15, 0.2) is 6.07 Å². The first-order chi connectivity index (χ1) is 7.74. The second-order valence-corrected chi connectivity index (χ2v) is 3.76. The van der Waals surface area contributed by atoms with Gasteiger partial charge in [-0.15, -0.1) is 13.2 Å². The number of carboxylic acids is 1. The van der Waals surface area contributed by atoms with E-state index in [2.05, 4.69) is 9.72 Å². The quantitative estimate of drug-likeness (QED) is 0.835. The summed E-state index contributed by atoms with van der Waals surface area (Å²) < 4.78 is 44.4. The van der Waals surface area contributed by atoms with E-state index in [1.807, 2.05) is 0 Å². The lowest BCUT2D eigenvalue weighted by atomic mass is 10.3. The minimum Gasteiger partial charge on any atom is -0.495 e. The summed E-state index contributed by atoms with van der Waals surface area (Å²) in [5, 5.41) is 8.66. The van der Waals surface area contributed by atoms with Crippen molar-refractivity contribution in [2.45, 2.75) is 6.36 Å². The molecule has 0 fully saturated rings. The van der Waals surface area contributed by atoms with E-state index < -0.39 is 23.9 Å². The van der Waals surface area contributed by atoms with Gasteiger partial charge in [0.15, 0.2) is 5.69 Å². The molecule has 1 aromatic heterocycles. The van der Waals surface area contributed by atoms with E-state index >= 15 is 0 Å². The fraction of sp³-hybridized carbons (Fsp3) is 0.250. The van der Waals surface area contributed by atoms with Crippen LogP contribution in [0, 0.1) is 3.57 Å². The lowest BCUT2D eigenvalue weighted by molar-refractivity contribution is -0.276. The van der Waals surface area contributed by atoms with Gasteiger partial charge < -0.3 is 14.6 Å². The summed E-state index contributed by atoms with van der Waals surface area (Å²) >= 11 is 1.52. The van der Waals surface area contributed by atoms with E-state index in [1.165, 1.54) is 29.7 Å². The fourth-order valence-electron chi connectivity index (χ4n) is 0.919. The average molecular weight is 363 g/mol. The smallest absolute Gasteiger partial charge is 0.495 e. The first-order valence-corrected chi connectivity index (χ1v) is 5.06. The minimum atomic E-state index is -4.95. The fourth-order valence-corrected chi connectivity index (χ4v) is 1.53. The molecule has 0 aliphatic heterocycles. The predicted molar refractivity (Wildman–Crippen MR) is 57.1 cm³/mol. The van der Waals surface area contributed by atoms with Crippen LogP contribution in [0.4, 0.5) is 13.2 Å². The van der Waals surface area contributed by atoms with Gasteiger partial charge in [-0.25, -0.2) is 9.78 Å². The van der Waals surface area contributed by atoms with Crippen molar-refractivity contribution in [1.29, 1.82) is 0 Å². The molecule has 1 rings (SSSR count). The number of aromatic carboxylic acids is 1. The number of methoxy groups -OCH3 is 1. The van der Waals surface area contributed by atoms with Gasteiger partial charge >= 0.3 is 12.3 Å². The number of carbonyl (C=O) groups is 1. The number of nitrogens with zero attached hydrogens (tertiary/aromatic N) is 1. The Balaban J connectivity index is 3.28. The molecule has 0 radical (unpaired) electrons. The summed E-state index contributed by atoms with van der Waals surface area (Å²) in [5.74, 6) is -2.39. The van der Waals surface area contributed by atoms with E-state index in [-0.39, 0.29) is 9.32 Å². The monoisotopic (exact) mass is 363 g/mol. The Morgan fingerprint density at radius 2 is 2.12 bits per heavy atom. The van der Waals surface area contributed by atoms with Crippen molar-refractivity contribution >= 4 is 28.6 Å². The second-order valence-electron chi connectivity index (χ2n) is 2.68. The lowest BCUT2D eigenvalue weighted by Crippen LogP contribution is -2.19. The Labute approximate surface area is 107 Å². The van der Waals surface area contributed by atoms with E-state index in [4.69, 9.17) is 9.84 Å². The highest BCUT2D eigenvalue weighted by Crippen LogP contribution is 2.32. The molecule has 5 nitrogen and oxygen atoms in total. The molecule has 0 saturated carbocycles. The lowest BCUT2D eigenvalue weighted by Gasteiger charge is -2.12. The van der Waals surface area contributed by atoms with Crippen LogP contribution in [0.1, 0.15) is 10.5 Å². The number of hydrogen-bond donors (Lipinski definition) is 1. The van der Waals surface area contributed by atoms with Gasteiger partial charge in [-0.2, -0.15) is 0 Å². The van der Waals surface area contributed by atoms with Crippen LogP contribution >= 0.6 is 22.6 Å². The van der Waals surface area contributed by atoms with Crippen LogP contribution in [0.25, 0.3) is 0 Å². The highest BCUT2D eigenvalue weighted by molar-refractivity contribution is 14.1. The largest absolute Gasteiger partial charge is 0.574 e. The van der Waals surface area contributed by atoms with Crippen molar-refractivity contribution < 1.29 is 32.5 Å². The van der Waals surface area contributed by atoms with Gasteiger partial charge in [0.2, 0.25) is 5.88 Å². The van der Waals surface area contributed by atoms with E-state index in [1.54, 1.807) is 0 Å². The number of hydrogen-bond acceptors (Lipinski definition) is 4. The van der Waals surface area contributed by atoms with Crippen molar-refractivity contribution in [3.8, 4) is 11.6 Å². The number of alkyl halides is 3. The Morgan fingerprint density at radius 1 is 1.53 bits per heavy atom. The van der Waals surface area contributed by atoms with Crippen molar-refractivity contribution in [2.24, 2.45) is 0 Å². The van der Waals surface area contributed by atoms with Crippen LogP contribution in [-0.2, 0) is 0 Å². The normalized spacial score (nSPS) is 11.1. The van der Waals surface area contributed by atoms with Crippen LogP contribution in [0.3, 0.4) is 0 Å². The SMILES string of the molecule is COc1cc(C(=O)O)nc(OC(F)(F)F)c1I. The number of ether oxygens (including phenoxy) is 2. The van der Waals surface area contributed by atoms with Gasteiger partial charge in [-0.3, -0.25) is 0 Å². The predicted octanol–water partition coefficient (Wildman–Crippen LogP) is 2.29. The number of pyridine rings is 1. The average Bonchev–Trinajstić information content (AvgIpc) is 2.18. The number of aromatic nitrogens is 1. The molecule has 17 heavy (non-hydrogen) atoms. The zero-order chi connectivity index (χ0) is 13.2. The molecular weight excluding hydrogens is 358 g/mol. The maximum absolute atomic E-state index is 12.0. The number of rotatable bonds is 3. The Kier molecular flexibility index (Phi) is 4.01. The third kappa shape index (κ3) is 3.61. The highest BCUT2D eigenvalue weighted by Gasteiger charge is 2.34. The third-order valence-electron chi connectivity index (χ3n) is 1.55. The molecule has 94 valence electrons. The molecule has 9 heteroatoms. The van der Waals surface area contributed by atoms with Crippen molar-refractivity contribution in [1.82, 2.24) is 4.98 Å². The molecule has 1 N–H and O–H groups in total. The first-order valence-electron chi connectivity index (χ1n) is 3.98. The van der Waals surface area contributed by atoms with Gasteiger partial charge in [-0.05, 0) is 22.6 Å². The van der Waals surface area contributed by atoms with E-state index in [9.17, 15) is 18.0 Å². The van der Waals surface area contributed by atoms with Crippen molar-refractivity contribution in [3.05, 3.63) is 15.3 Å². The zero-order valence-electron chi connectivity index (χ0n) is 8.21. The Bertz CT molecular complexity index is 449. The molecule has 0 atom stereocenters. The topological polar surface area (TPSA) is 68.7 Å². The van der Waals surface area contributed by atoms with Gasteiger partial charge in [0, 0.05) is 6.07 Å². The van der Waals surface area contributed by atoms with Crippen LogP contribution < -0.4 is 9.47 Å². The van der Waals surface area contributed by atoms with Crippen LogP contribution in [0.5, 0.6) is 11.6 Å². The van der Waals surface area contributed by atoms with E-state index in [0.29, 0.717) is 0 Å². The molecule has 1 aromatic rings. The summed E-state index contributed by atoms with van der Waals surface area (Å²) in [7, 11) is 1.19. The molecule has 0 aromatic carbocycles. The molecule has 0 unspecified atom stereocenters. The molecule has 0 aliphatic rings. The molecule has 1 heterocycles. The van der Waals surface area contributed by atoms with Crippen LogP contribution in [0.2, 0.25) is 0 Å². The van der Waals surface area contributed by atoms with Gasteiger partial charge in [0.1, 0.15) is 9.32 Å². The third-order valence-corrected chi connectivity index (χ3v) is 2.54. The second kappa shape index (κ2) is 4.94. The standard InChI is InChI=1S/C8H5F3INO4/c1-16-4-2-3(7(14)15)13-6(5(4)12)17-8(9,10)11/h2H,1H3,(H,14,15). The van der Waals surface area contributed by atoms with Crippen molar-refractivity contribution in [3.63, 3.8) is 0 Å². The molecule has 0 spiro atoms. The summed E-state index contributed by atoms with van der Waals surface area (Å²) in [6.07, 6.45) is -4.95. The van der Waals surface area contributed by atoms with Gasteiger partial charge in [-0.1, -0.05) is 0 Å². The Hall–Kier alpha value is -1.26. The maximum atomic E-state index is 12.0. The summed E-state index contributed by atoms with van der Waals surface area (Å²) in [6.45, 7) is 0. The molecular formula is C8H5F3INO4. The maximum Gasteiger partial charge on any atom is 0.574 e. The van der Waals surface area contributed by atoms with Crippen LogP contribution in [-0.4, -0.2) is 29.5 Å².